The molecule has 1 fully saturated rings. The summed E-state index contributed by atoms with van der Waals surface area (Å²) in [6.45, 7) is 1.28. The first-order valence-corrected chi connectivity index (χ1v) is 9.46. The number of carbonyl (C=O) groups is 2. The zero-order chi connectivity index (χ0) is 21.0. The predicted molar refractivity (Wildman–Crippen MR) is 102 cm³/mol. The Labute approximate surface area is 168 Å². The highest BCUT2D eigenvalue weighted by atomic mass is 16.7. The normalized spacial score (nSPS) is 25.3. The van der Waals surface area contributed by atoms with E-state index in [4.69, 9.17) is 14.2 Å². The van der Waals surface area contributed by atoms with Crippen molar-refractivity contribution in [2.45, 2.75) is 30.8 Å². The van der Waals surface area contributed by atoms with Crippen molar-refractivity contribution in [2.75, 3.05) is 40.5 Å². The largest absolute Gasteiger partial charge is 0.454 e. The third-order valence-corrected chi connectivity index (χ3v) is 4.83. The van der Waals surface area contributed by atoms with Crippen LogP contribution >= 0.6 is 0 Å². The maximum atomic E-state index is 12.3. The Balaban J connectivity index is 1.47. The Morgan fingerprint density at radius 2 is 1.83 bits per heavy atom. The number of nitrogens with one attached hydrogen (secondary N) is 2. The molecule has 0 aliphatic carbocycles. The number of likely N-dealkylation sites (N-methyl/N-ethyl adjacent to an activating group) is 1. The lowest BCUT2D eigenvalue weighted by atomic mass is 10.1. The molecule has 2 aliphatic heterocycles. The molecule has 10 nitrogen and oxygen atoms in total. The zero-order valence-corrected chi connectivity index (χ0v) is 16.5. The van der Waals surface area contributed by atoms with Crippen molar-refractivity contribution in [1.29, 1.82) is 0 Å². The molecule has 0 spiro atoms. The van der Waals surface area contributed by atoms with Gasteiger partial charge in [0.15, 0.2) is 11.5 Å². The number of benzene rings is 1. The van der Waals surface area contributed by atoms with Crippen LogP contribution < -0.4 is 20.1 Å². The minimum atomic E-state index is -1.21. The SMILES string of the molecule is CN(C)CCNC(=O)C[C@@H]1O[C@H](CNC(=O)c2ccc3c(c2)OCO3)[C@@H](O)[C@H]1O. The van der Waals surface area contributed by atoms with Crippen molar-refractivity contribution >= 4 is 11.8 Å². The van der Waals surface area contributed by atoms with Gasteiger partial charge in [-0.25, -0.2) is 0 Å². The summed E-state index contributed by atoms with van der Waals surface area (Å²) in [5.41, 5.74) is 0.374. The average molecular weight is 409 g/mol. The third-order valence-electron chi connectivity index (χ3n) is 4.83. The van der Waals surface area contributed by atoms with E-state index in [2.05, 4.69) is 10.6 Å². The average Bonchev–Trinajstić information content (AvgIpc) is 3.25. The molecule has 1 aromatic carbocycles. The molecule has 4 atom stereocenters. The van der Waals surface area contributed by atoms with Crippen LogP contribution in [0.4, 0.5) is 0 Å². The van der Waals surface area contributed by atoms with Crippen molar-refractivity contribution in [2.24, 2.45) is 0 Å². The van der Waals surface area contributed by atoms with Gasteiger partial charge in [-0.15, -0.1) is 0 Å². The lowest BCUT2D eigenvalue weighted by Gasteiger charge is -2.16. The molecule has 10 heteroatoms. The Hall–Kier alpha value is -2.40. The number of nitrogens with zero attached hydrogens (tertiary/aromatic N) is 1. The second-order valence-corrected chi connectivity index (χ2v) is 7.33. The molecule has 0 unspecified atom stereocenters. The number of hydrogen-bond acceptors (Lipinski definition) is 8. The van der Waals surface area contributed by atoms with E-state index in [1.807, 2.05) is 19.0 Å². The Kier molecular flexibility index (Phi) is 6.91. The Morgan fingerprint density at radius 1 is 1.10 bits per heavy atom. The standard InChI is InChI=1S/C19H27N3O7/c1-22(2)6-5-20-16(23)8-14-17(24)18(25)15(29-14)9-21-19(26)11-3-4-12-13(7-11)28-10-27-12/h3-4,7,14-15,17-18,24-25H,5-6,8-10H2,1-2H3,(H,20,23)(H,21,26)/t14-,15+,17-,18+/m0/s1. The molecule has 1 aromatic rings. The fourth-order valence-corrected chi connectivity index (χ4v) is 3.17. The van der Waals surface area contributed by atoms with E-state index < -0.39 is 24.4 Å². The number of carbonyl (C=O) groups excluding carboxylic acids is 2. The number of amides is 2. The van der Waals surface area contributed by atoms with Crippen molar-refractivity contribution in [3.63, 3.8) is 0 Å². The highest BCUT2D eigenvalue weighted by Crippen LogP contribution is 2.32. The Morgan fingerprint density at radius 3 is 2.59 bits per heavy atom. The van der Waals surface area contributed by atoms with Crippen LogP contribution in [-0.4, -0.2) is 91.9 Å². The molecule has 0 saturated carbocycles. The van der Waals surface area contributed by atoms with Gasteiger partial charge >= 0.3 is 0 Å². The number of ether oxygens (including phenoxy) is 3. The van der Waals surface area contributed by atoms with Gasteiger partial charge in [0, 0.05) is 25.2 Å². The van der Waals surface area contributed by atoms with E-state index in [-0.39, 0.29) is 31.6 Å². The van der Waals surface area contributed by atoms with Crippen LogP contribution in [-0.2, 0) is 9.53 Å². The summed E-state index contributed by atoms with van der Waals surface area (Å²) in [5.74, 6) is 0.420. The van der Waals surface area contributed by atoms with E-state index >= 15 is 0 Å². The molecular weight excluding hydrogens is 382 g/mol. The van der Waals surface area contributed by atoms with Crippen LogP contribution in [0.15, 0.2) is 18.2 Å². The van der Waals surface area contributed by atoms with Gasteiger partial charge in [0.05, 0.1) is 12.5 Å². The van der Waals surface area contributed by atoms with Crippen LogP contribution in [0.2, 0.25) is 0 Å². The van der Waals surface area contributed by atoms with E-state index in [1.165, 1.54) is 0 Å². The molecule has 1 saturated heterocycles. The zero-order valence-electron chi connectivity index (χ0n) is 16.5. The topological polar surface area (TPSA) is 130 Å². The molecular formula is C19H27N3O7. The van der Waals surface area contributed by atoms with E-state index in [1.54, 1.807) is 18.2 Å². The number of hydrogen-bond donors (Lipinski definition) is 4. The molecule has 29 heavy (non-hydrogen) atoms. The van der Waals surface area contributed by atoms with E-state index in [9.17, 15) is 19.8 Å². The first kappa shape index (κ1) is 21.3. The van der Waals surface area contributed by atoms with E-state index in [0.717, 1.165) is 0 Å². The highest BCUT2D eigenvalue weighted by Gasteiger charge is 2.43. The van der Waals surface area contributed by atoms with Crippen LogP contribution in [0.1, 0.15) is 16.8 Å². The minimum absolute atomic E-state index is 0.00967. The first-order valence-electron chi connectivity index (χ1n) is 9.46. The summed E-state index contributed by atoms with van der Waals surface area (Å²) in [4.78, 5) is 26.3. The lowest BCUT2D eigenvalue weighted by Crippen LogP contribution is -2.40. The predicted octanol–water partition coefficient (Wildman–Crippen LogP) is -1.30. The number of rotatable bonds is 8. The lowest BCUT2D eigenvalue weighted by molar-refractivity contribution is -0.125. The van der Waals surface area contributed by atoms with Gasteiger partial charge in [-0.05, 0) is 32.3 Å². The van der Waals surface area contributed by atoms with Crippen LogP contribution in [0.5, 0.6) is 11.5 Å². The molecule has 2 amide bonds. The molecule has 3 rings (SSSR count). The number of aliphatic hydroxyl groups excluding tert-OH is 2. The molecule has 2 heterocycles. The molecule has 0 aromatic heterocycles. The highest BCUT2D eigenvalue weighted by molar-refractivity contribution is 5.94. The monoisotopic (exact) mass is 409 g/mol. The fraction of sp³-hybridized carbons (Fsp3) is 0.579. The van der Waals surface area contributed by atoms with Gasteiger partial charge in [0.2, 0.25) is 12.7 Å². The molecule has 0 radical (unpaired) electrons. The smallest absolute Gasteiger partial charge is 0.251 e. The summed E-state index contributed by atoms with van der Waals surface area (Å²) in [6.07, 6.45) is -4.13. The van der Waals surface area contributed by atoms with E-state index in [0.29, 0.717) is 30.2 Å². The third kappa shape index (κ3) is 5.36. The van der Waals surface area contributed by atoms with Crippen LogP contribution in [0.25, 0.3) is 0 Å². The summed E-state index contributed by atoms with van der Waals surface area (Å²) in [7, 11) is 3.80. The molecule has 0 bridgehead atoms. The van der Waals surface area contributed by atoms with Crippen LogP contribution in [0.3, 0.4) is 0 Å². The maximum Gasteiger partial charge on any atom is 0.251 e. The van der Waals surface area contributed by atoms with Crippen molar-refractivity contribution < 1.29 is 34.0 Å². The summed E-state index contributed by atoms with van der Waals surface area (Å²) in [5, 5.41) is 25.8. The van der Waals surface area contributed by atoms with Gasteiger partial charge in [-0.3, -0.25) is 9.59 Å². The minimum Gasteiger partial charge on any atom is -0.454 e. The summed E-state index contributed by atoms with van der Waals surface area (Å²) in [6, 6.07) is 4.82. The van der Waals surface area contributed by atoms with Gasteiger partial charge in [0.1, 0.15) is 18.3 Å². The van der Waals surface area contributed by atoms with Crippen molar-refractivity contribution in [1.82, 2.24) is 15.5 Å². The van der Waals surface area contributed by atoms with Gasteiger partial charge in [-0.2, -0.15) is 0 Å². The fourth-order valence-electron chi connectivity index (χ4n) is 3.17. The molecule has 160 valence electrons. The second kappa shape index (κ2) is 9.40. The maximum absolute atomic E-state index is 12.3. The number of aliphatic hydroxyl groups is 2. The summed E-state index contributed by atoms with van der Waals surface area (Å²) >= 11 is 0. The van der Waals surface area contributed by atoms with Crippen molar-refractivity contribution in [3.05, 3.63) is 23.8 Å². The second-order valence-electron chi connectivity index (χ2n) is 7.33. The quantitative estimate of drug-likeness (QED) is 0.417. The van der Waals surface area contributed by atoms with Crippen molar-refractivity contribution in [3.8, 4) is 11.5 Å². The van der Waals surface area contributed by atoms with Gasteiger partial charge in [-0.1, -0.05) is 0 Å². The first-order chi connectivity index (χ1) is 13.8. The Bertz CT molecular complexity index is 743. The number of fused-ring (bicyclic) bond motifs is 1. The summed E-state index contributed by atoms with van der Waals surface area (Å²) < 4.78 is 16.1. The molecule has 2 aliphatic rings. The van der Waals surface area contributed by atoms with Crippen LogP contribution in [0, 0.1) is 0 Å². The van der Waals surface area contributed by atoms with Gasteiger partial charge in [0.25, 0.3) is 5.91 Å². The van der Waals surface area contributed by atoms with Gasteiger partial charge < -0.3 is 40.0 Å². The molecule has 4 N–H and O–H groups in total.